The van der Waals surface area contributed by atoms with E-state index in [1.54, 1.807) is 12.3 Å². The average Bonchev–Trinajstić information content (AvgIpc) is 2.79. The molecular weight excluding hydrogens is 400 g/mol. The van der Waals surface area contributed by atoms with Crippen molar-refractivity contribution in [3.8, 4) is 0 Å². The van der Waals surface area contributed by atoms with E-state index in [1.807, 2.05) is 16.8 Å². The Labute approximate surface area is 178 Å². The van der Waals surface area contributed by atoms with Gasteiger partial charge in [-0.1, -0.05) is 0 Å². The van der Waals surface area contributed by atoms with E-state index in [0.29, 0.717) is 42.0 Å². The number of nitrogen functional groups attached to an aromatic ring is 1. The SMILES string of the molecule is Nc1ccc(N2CCC[C@H](NCc3cn4c5c(c(F)c(F)cc5c3=O)CCC4)C2)cn1. The van der Waals surface area contributed by atoms with Crippen LogP contribution in [0.2, 0.25) is 0 Å². The summed E-state index contributed by atoms with van der Waals surface area (Å²) in [6.45, 7) is 2.84. The maximum absolute atomic E-state index is 14.2. The molecule has 2 aliphatic heterocycles. The molecule has 6 nitrogen and oxygen atoms in total. The molecule has 3 N–H and O–H groups in total. The van der Waals surface area contributed by atoms with Crippen LogP contribution in [0.3, 0.4) is 0 Å². The average molecular weight is 425 g/mol. The Hall–Kier alpha value is -3.00. The quantitative estimate of drug-likeness (QED) is 0.672. The van der Waals surface area contributed by atoms with Crippen LogP contribution in [0.5, 0.6) is 0 Å². The van der Waals surface area contributed by atoms with Crippen LogP contribution < -0.4 is 21.4 Å². The second-order valence-electron chi connectivity index (χ2n) is 8.43. The Kier molecular flexibility index (Phi) is 5.09. The maximum atomic E-state index is 14.2. The molecule has 4 heterocycles. The normalized spacial score (nSPS) is 18.5. The lowest BCUT2D eigenvalue weighted by molar-refractivity contribution is 0.420. The zero-order valence-corrected chi connectivity index (χ0v) is 17.2. The first-order chi connectivity index (χ1) is 15.0. The standard InChI is InChI=1S/C23H25F2N5O/c24-19-9-18-22-17(21(19)25)4-2-8-30(22)12-14(23(18)31)10-27-15-3-1-7-29(13-15)16-5-6-20(26)28-11-16/h5-6,9,11-12,15,27H,1-4,7-8,10,13H2,(H2,26,28)/t15-/m0/s1. The van der Waals surface area contributed by atoms with Gasteiger partial charge in [-0.25, -0.2) is 13.8 Å². The van der Waals surface area contributed by atoms with Crippen LogP contribution in [-0.2, 0) is 19.5 Å². The van der Waals surface area contributed by atoms with Crippen molar-refractivity contribution in [1.82, 2.24) is 14.9 Å². The molecule has 1 saturated heterocycles. The third-order valence-electron chi connectivity index (χ3n) is 6.39. The van der Waals surface area contributed by atoms with Gasteiger partial charge in [-0.3, -0.25) is 4.79 Å². The molecule has 3 aromatic rings. The van der Waals surface area contributed by atoms with E-state index in [4.69, 9.17) is 5.73 Å². The van der Waals surface area contributed by atoms with Crippen LogP contribution in [0.4, 0.5) is 20.3 Å². The molecule has 8 heteroatoms. The van der Waals surface area contributed by atoms with Crippen LogP contribution >= 0.6 is 0 Å². The third kappa shape index (κ3) is 3.65. The molecule has 0 unspecified atom stereocenters. The second kappa shape index (κ2) is 7.92. The number of benzene rings is 1. The number of rotatable bonds is 4. The molecule has 162 valence electrons. The number of piperidine rings is 1. The van der Waals surface area contributed by atoms with E-state index in [2.05, 4.69) is 15.2 Å². The summed E-state index contributed by atoms with van der Waals surface area (Å²) in [6, 6.07) is 5.03. The van der Waals surface area contributed by atoms with E-state index in [9.17, 15) is 13.6 Å². The van der Waals surface area contributed by atoms with Gasteiger partial charge in [0.25, 0.3) is 0 Å². The topological polar surface area (TPSA) is 76.2 Å². The van der Waals surface area contributed by atoms with Gasteiger partial charge in [0.2, 0.25) is 0 Å². The van der Waals surface area contributed by atoms with Crippen LogP contribution in [0.25, 0.3) is 10.9 Å². The van der Waals surface area contributed by atoms with E-state index >= 15 is 0 Å². The number of anilines is 2. The van der Waals surface area contributed by atoms with Gasteiger partial charge < -0.3 is 20.5 Å². The Morgan fingerprint density at radius 1 is 1.23 bits per heavy atom. The molecule has 5 rings (SSSR count). The van der Waals surface area contributed by atoms with Crippen LogP contribution in [0, 0.1) is 11.6 Å². The molecule has 1 aromatic carbocycles. The summed E-state index contributed by atoms with van der Waals surface area (Å²) in [5.74, 6) is -1.28. The fourth-order valence-electron chi connectivity index (χ4n) is 4.83. The number of hydrogen-bond acceptors (Lipinski definition) is 5. The lowest BCUT2D eigenvalue weighted by Crippen LogP contribution is -2.46. The van der Waals surface area contributed by atoms with Gasteiger partial charge in [0.1, 0.15) is 5.82 Å². The van der Waals surface area contributed by atoms with E-state index < -0.39 is 11.6 Å². The molecule has 1 atom stereocenters. The molecule has 31 heavy (non-hydrogen) atoms. The summed E-state index contributed by atoms with van der Waals surface area (Å²) in [5.41, 5.74) is 7.93. The monoisotopic (exact) mass is 425 g/mol. The van der Waals surface area contributed by atoms with Crippen molar-refractivity contribution in [2.45, 2.75) is 44.8 Å². The number of aryl methyl sites for hydroxylation is 2. The molecule has 1 fully saturated rings. The Morgan fingerprint density at radius 3 is 2.90 bits per heavy atom. The van der Waals surface area contributed by atoms with Gasteiger partial charge >= 0.3 is 0 Å². The molecule has 0 aliphatic carbocycles. The number of nitrogens with one attached hydrogen (secondary N) is 1. The highest BCUT2D eigenvalue weighted by atomic mass is 19.2. The molecule has 2 aromatic heterocycles. The van der Waals surface area contributed by atoms with Gasteiger partial charge in [0.05, 0.1) is 17.4 Å². The Morgan fingerprint density at radius 2 is 2.10 bits per heavy atom. The highest BCUT2D eigenvalue weighted by Crippen LogP contribution is 2.28. The minimum atomic E-state index is -0.946. The minimum absolute atomic E-state index is 0.211. The lowest BCUT2D eigenvalue weighted by atomic mass is 9.98. The van der Waals surface area contributed by atoms with Crippen molar-refractivity contribution >= 4 is 22.4 Å². The first kappa shape index (κ1) is 19.9. The molecule has 0 spiro atoms. The summed E-state index contributed by atoms with van der Waals surface area (Å²) in [4.78, 5) is 19.5. The predicted octanol–water partition coefficient (Wildman–Crippen LogP) is 2.96. The van der Waals surface area contributed by atoms with Crippen molar-refractivity contribution < 1.29 is 8.78 Å². The number of nitrogens with zero attached hydrogens (tertiary/aromatic N) is 3. The second-order valence-corrected chi connectivity index (χ2v) is 8.43. The number of nitrogens with two attached hydrogens (primary N) is 1. The molecule has 0 amide bonds. The Bertz CT molecular complexity index is 1190. The summed E-state index contributed by atoms with van der Waals surface area (Å²) in [7, 11) is 0. The van der Waals surface area contributed by atoms with E-state index in [-0.39, 0.29) is 16.9 Å². The third-order valence-corrected chi connectivity index (χ3v) is 6.39. The number of pyridine rings is 2. The van der Waals surface area contributed by atoms with Gasteiger partial charge in [-0.2, -0.15) is 0 Å². The molecule has 0 bridgehead atoms. The van der Waals surface area contributed by atoms with Crippen molar-refractivity contribution in [3.63, 3.8) is 0 Å². The first-order valence-corrected chi connectivity index (χ1v) is 10.7. The maximum Gasteiger partial charge on any atom is 0.193 e. The van der Waals surface area contributed by atoms with Gasteiger partial charge in [-0.05, 0) is 43.9 Å². The van der Waals surface area contributed by atoms with Gasteiger partial charge in [0, 0.05) is 54.9 Å². The zero-order chi connectivity index (χ0) is 21.5. The summed E-state index contributed by atoms with van der Waals surface area (Å²) >= 11 is 0. The lowest BCUT2D eigenvalue weighted by Gasteiger charge is -2.34. The van der Waals surface area contributed by atoms with Crippen molar-refractivity contribution in [2.75, 3.05) is 23.7 Å². The predicted molar refractivity (Wildman–Crippen MR) is 117 cm³/mol. The first-order valence-electron chi connectivity index (χ1n) is 10.7. The highest BCUT2D eigenvalue weighted by molar-refractivity contribution is 5.83. The molecule has 0 radical (unpaired) electrons. The highest BCUT2D eigenvalue weighted by Gasteiger charge is 2.24. The fourth-order valence-corrected chi connectivity index (χ4v) is 4.83. The summed E-state index contributed by atoms with van der Waals surface area (Å²) in [5, 5.41) is 3.77. The number of halogens is 2. The van der Waals surface area contributed by atoms with Crippen LogP contribution in [0.15, 0.2) is 35.4 Å². The summed E-state index contributed by atoms with van der Waals surface area (Å²) < 4.78 is 30.3. The molecule has 0 saturated carbocycles. The van der Waals surface area contributed by atoms with Gasteiger partial charge in [-0.15, -0.1) is 0 Å². The molecule has 2 aliphatic rings. The van der Waals surface area contributed by atoms with Crippen molar-refractivity contribution in [2.24, 2.45) is 0 Å². The van der Waals surface area contributed by atoms with Gasteiger partial charge in [0.15, 0.2) is 17.1 Å². The van der Waals surface area contributed by atoms with Crippen LogP contribution in [-0.4, -0.2) is 28.7 Å². The van der Waals surface area contributed by atoms with Crippen molar-refractivity contribution in [1.29, 1.82) is 0 Å². The zero-order valence-electron chi connectivity index (χ0n) is 17.2. The van der Waals surface area contributed by atoms with E-state index in [0.717, 1.165) is 44.1 Å². The minimum Gasteiger partial charge on any atom is -0.384 e. The smallest absolute Gasteiger partial charge is 0.193 e. The van der Waals surface area contributed by atoms with Crippen LogP contribution in [0.1, 0.15) is 30.4 Å². The fraction of sp³-hybridized carbons (Fsp3) is 0.391. The van der Waals surface area contributed by atoms with Crippen molar-refractivity contribution in [3.05, 3.63) is 63.6 Å². The summed E-state index contributed by atoms with van der Waals surface area (Å²) in [6.07, 6.45) is 6.80. The molecular formula is C23H25F2N5O. The number of hydrogen-bond donors (Lipinski definition) is 2. The number of aromatic nitrogens is 2. The van der Waals surface area contributed by atoms with E-state index in [1.165, 1.54) is 0 Å². The Balaban J connectivity index is 1.37. The largest absolute Gasteiger partial charge is 0.384 e.